The van der Waals surface area contributed by atoms with Crippen LogP contribution in [0.4, 0.5) is 5.69 Å². The first kappa shape index (κ1) is 19.1. The number of benzene rings is 2. The third-order valence-corrected chi connectivity index (χ3v) is 5.04. The average molecular weight is 396 g/mol. The number of nitrogens with one attached hydrogen (secondary N) is 1. The van der Waals surface area contributed by atoms with Crippen molar-refractivity contribution < 1.29 is 23.8 Å². The first-order chi connectivity index (χ1) is 14.1. The molecule has 1 saturated heterocycles. The third kappa shape index (κ3) is 4.45. The van der Waals surface area contributed by atoms with Crippen LogP contribution >= 0.6 is 0 Å². The Kier molecular flexibility index (Phi) is 5.55. The van der Waals surface area contributed by atoms with Gasteiger partial charge in [-0.2, -0.15) is 0 Å². The highest BCUT2D eigenvalue weighted by Gasteiger charge is 2.35. The highest BCUT2D eigenvalue weighted by molar-refractivity contribution is 6.00. The Morgan fingerprint density at radius 3 is 2.93 bits per heavy atom. The Balaban J connectivity index is 1.23. The second-order valence-electron chi connectivity index (χ2n) is 7.25. The minimum atomic E-state index is -0.356. The molecule has 7 heteroatoms. The molecule has 0 spiro atoms. The molecule has 2 aliphatic heterocycles. The highest BCUT2D eigenvalue weighted by Crippen LogP contribution is 2.37. The minimum absolute atomic E-state index is 0.0632. The Morgan fingerprint density at radius 2 is 2.07 bits per heavy atom. The predicted molar refractivity (Wildman–Crippen MR) is 107 cm³/mol. The second kappa shape index (κ2) is 8.43. The first-order valence-corrected chi connectivity index (χ1v) is 9.77. The molecule has 1 unspecified atom stereocenters. The van der Waals surface area contributed by atoms with E-state index in [9.17, 15) is 9.59 Å². The molecule has 2 heterocycles. The summed E-state index contributed by atoms with van der Waals surface area (Å²) in [7, 11) is 0. The zero-order valence-electron chi connectivity index (χ0n) is 16.3. The van der Waals surface area contributed by atoms with Crippen molar-refractivity contribution >= 4 is 17.5 Å². The molecule has 2 aliphatic rings. The van der Waals surface area contributed by atoms with Gasteiger partial charge in [-0.05, 0) is 43.2 Å². The lowest BCUT2D eigenvalue weighted by atomic mass is 10.1. The number of carbonyl (C=O) groups excluding carboxylic acids is 2. The molecule has 0 radical (unpaired) electrons. The first-order valence-electron chi connectivity index (χ1n) is 9.77. The van der Waals surface area contributed by atoms with E-state index in [0.717, 1.165) is 17.0 Å². The molecular weight excluding hydrogens is 372 g/mol. The van der Waals surface area contributed by atoms with Crippen molar-refractivity contribution in [2.45, 2.75) is 19.8 Å². The molecule has 0 saturated carbocycles. The van der Waals surface area contributed by atoms with Crippen LogP contribution in [0, 0.1) is 12.8 Å². The summed E-state index contributed by atoms with van der Waals surface area (Å²) in [4.78, 5) is 26.5. The number of hydrogen-bond donors (Lipinski definition) is 1. The molecule has 152 valence electrons. The molecule has 0 aromatic heterocycles. The summed E-state index contributed by atoms with van der Waals surface area (Å²) in [5.41, 5.74) is 1.87. The fourth-order valence-electron chi connectivity index (χ4n) is 3.51. The van der Waals surface area contributed by atoms with Crippen molar-refractivity contribution in [3.63, 3.8) is 0 Å². The maximum absolute atomic E-state index is 12.5. The zero-order chi connectivity index (χ0) is 20.2. The van der Waals surface area contributed by atoms with E-state index in [1.165, 1.54) is 0 Å². The second-order valence-corrected chi connectivity index (χ2v) is 7.25. The van der Waals surface area contributed by atoms with Crippen molar-refractivity contribution in [3.05, 3.63) is 48.0 Å². The smallest absolute Gasteiger partial charge is 0.231 e. The van der Waals surface area contributed by atoms with Gasteiger partial charge in [0.15, 0.2) is 11.5 Å². The monoisotopic (exact) mass is 396 g/mol. The van der Waals surface area contributed by atoms with Crippen LogP contribution < -0.4 is 24.4 Å². The van der Waals surface area contributed by atoms with E-state index in [2.05, 4.69) is 5.32 Å². The van der Waals surface area contributed by atoms with Crippen LogP contribution in [-0.2, 0) is 9.59 Å². The zero-order valence-corrected chi connectivity index (χ0v) is 16.3. The lowest BCUT2D eigenvalue weighted by Crippen LogP contribution is -2.34. The van der Waals surface area contributed by atoms with Gasteiger partial charge in [0, 0.05) is 31.3 Å². The molecule has 1 fully saturated rings. The summed E-state index contributed by atoms with van der Waals surface area (Å²) in [5, 5.41) is 2.91. The summed E-state index contributed by atoms with van der Waals surface area (Å²) >= 11 is 0. The minimum Gasteiger partial charge on any atom is -0.494 e. The van der Waals surface area contributed by atoms with E-state index in [1.807, 2.05) is 37.3 Å². The SMILES string of the molecule is Cc1cccc(OCCCNC(=O)C2CC(=O)N(c3ccc4c(c3)OCO4)C2)c1. The van der Waals surface area contributed by atoms with Crippen molar-refractivity contribution in [1.29, 1.82) is 0 Å². The van der Waals surface area contributed by atoms with Crippen molar-refractivity contribution in [2.24, 2.45) is 5.92 Å². The van der Waals surface area contributed by atoms with E-state index < -0.39 is 0 Å². The Hall–Kier alpha value is -3.22. The van der Waals surface area contributed by atoms with E-state index in [0.29, 0.717) is 37.6 Å². The molecule has 7 nitrogen and oxygen atoms in total. The maximum atomic E-state index is 12.5. The van der Waals surface area contributed by atoms with Gasteiger partial charge in [0.1, 0.15) is 5.75 Å². The summed E-state index contributed by atoms with van der Waals surface area (Å²) in [6.07, 6.45) is 0.909. The molecule has 4 rings (SSSR count). The average Bonchev–Trinajstić information content (AvgIpc) is 3.33. The van der Waals surface area contributed by atoms with Crippen LogP contribution in [0.2, 0.25) is 0 Å². The number of ether oxygens (including phenoxy) is 3. The lowest BCUT2D eigenvalue weighted by Gasteiger charge is -2.17. The van der Waals surface area contributed by atoms with Crippen LogP contribution in [0.25, 0.3) is 0 Å². The number of hydrogen-bond acceptors (Lipinski definition) is 5. The molecule has 1 N–H and O–H groups in total. The van der Waals surface area contributed by atoms with Gasteiger partial charge in [-0.25, -0.2) is 0 Å². The molecule has 2 aromatic rings. The third-order valence-electron chi connectivity index (χ3n) is 5.04. The van der Waals surface area contributed by atoms with Gasteiger partial charge in [0.25, 0.3) is 0 Å². The number of aryl methyl sites for hydroxylation is 1. The quantitative estimate of drug-likeness (QED) is 0.728. The molecule has 2 aromatic carbocycles. The molecule has 1 atom stereocenters. The fraction of sp³-hybridized carbons (Fsp3) is 0.364. The number of rotatable bonds is 7. The van der Waals surface area contributed by atoms with Crippen molar-refractivity contribution in [1.82, 2.24) is 5.32 Å². The van der Waals surface area contributed by atoms with Gasteiger partial charge in [-0.15, -0.1) is 0 Å². The largest absolute Gasteiger partial charge is 0.494 e. The van der Waals surface area contributed by atoms with Gasteiger partial charge in [0.2, 0.25) is 18.6 Å². The van der Waals surface area contributed by atoms with Gasteiger partial charge in [-0.1, -0.05) is 12.1 Å². The Labute approximate surface area is 169 Å². The summed E-state index contributed by atoms with van der Waals surface area (Å²) < 4.78 is 16.4. The van der Waals surface area contributed by atoms with Crippen LogP contribution in [0.1, 0.15) is 18.4 Å². The van der Waals surface area contributed by atoms with E-state index in [1.54, 1.807) is 17.0 Å². The van der Waals surface area contributed by atoms with Crippen LogP contribution in [0.5, 0.6) is 17.2 Å². The highest BCUT2D eigenvalue weighted by atomic mass is 16.7. The van der Waals surface area contributed by atoms with Gasteiger partial charge >= 0.3 is 0 Å². The number of fused-ring (bicyclic) bond motifs is 1. The fourth-order valence-corrected chi connectivity index (χ4v) is 3.51. The van der Waals surface area contributed by atoms with Crippen LogP contribution in [-0.4, -0.2) is 38.3 Å². The number of nitrogens with zero attached hydrogens (tertiary/aromatic N) is 1. The van der Waals surface area contributed by atoms with Crippen molar-refractivity contribution in [2.75, 3.05) is 31.4 Å². The van der Waals surface area contributed by atoms with E-state index in [-0.39, 0.29) is 30.9 Å². The number of anilines is 1. The van der Waals surface area contributed by atoms with Crippen LogP contribution in [0.3, 0.4) is 0 Å². The van der Waals surface area contributed by atoms with Gasteiger partial charge in [-0.3, -0.25) is 9.59 Å². The topological polar surface area (TPSA) is 77.1 Å². The predicted octanol–water partition coefficient (Wildman–Crippen LogP) is 2.66. The van der Waals surface area contributed by atoms with E-state index in [4.69, 9.17) is 14.2 Å². The Morgan fingerprint density at radius 1 is 1.21 bits per heavy atom. The number of carbonyl (C=O) groups is 2. The summed E-state index contributed by atoms with van der Waals surface area (Å²) in [5.74, 6) is 1.60. The van der Waals surface area contributed by atoms with Crippen molar-refractivity contribution in [3.8, 4) is 17.2 Å². The van der Waals surface area contributed by atoms with E-state index >= 15 is 0 Å². The molecule has 29 heavy (non-hydrogen) atoms. The van der Waals surface area contributed by atoms with Gasteiger partial charge in [0.05, 0.1) is 12.5 Å². The lowest BCUT2D eigenvalue weighted by molar-refractivity contribution is -0.126. The normalized spacial score (nSPS) is 17.5. The summed E-state index contributed by atoms with van der Waals surface area (Å²) in [6.45, 7) is 3.61. The number of amides is 2. The van der Waals surface area contributed by atoms with Crippen LogP contribution in [0.15, 0.2) is 42.5 Å². The molecule has 0 bridgehead atoms. The Bertz CT molecular complexity index is 914. The standard InChI is InChI=1S/C22H24N2O5/c1-15-4-2-5-18(10-15)27-9-3-8-23-22(26)16-11-21(25)24(13-16)17-6-7-19-20(12-17)29-14-28-19/h2,4-7,10,12,16H,3,8-9,11,13-14H2,1H3,(H,23,26). The summed E-state index contributed by atoms with van der Waals surface area (Å²) in [6, 6.07) is 13.2. The molecule has 0 aliphatic carbocycles. The molecule has 2 amide bonds. The molecular formula is C22H24N2O5. The van der Waals surface area contributed by atoms with Gasteiger partial charge < -0.3 is 24.4 Å². The maximum Gasteiger partial charge on any atom is 0.231 e.